The Balaban J connectivity index is 1.92. The van der Waals surface area contributed by atoms with Crippen molar-refractivity contribution in [3.05, 3.63) is 53.6 Å². The summed E-state index contributed by atoms with van der Waals surface area (Å²) in [5.74, 6) is 0.630. The Morgan fingerprint density at radius 3 is 2.18 bits per heavy atom. The third kappa shape index (κ3) is 5.25. The molecule has 0 atom stereocenters. The maximum atomic E-state index is 12.5. The van der Waals surface area contributed by atoms with Crippen molar-refractivity contribution < 1.29 is 19.1 Å². The molecule has 0 radical (unpaired) electrons. The molecule has 6 heteroatoms. The van der Waals surface area contributed by atoms with Crippen LogP contribution in [0.2, 0.25) is 0 Å². The van der Waals surface area contributed by atoms with Crippen LogP contribution in [0.1, 0.15) is 25.0 Å². The van der Waals surface area contributed by atoms with Gasteiger partial charge in [-0.1, -0.05) is 23.8 Å². The van der Waals surface area contributed by atoms with E-state index < -0.39 is 5.41 Å². The van der Waals surface area contributed by atoms with Crippen LogP contribution in [0.5, 0.6) is 11.5 Å². The highest BCUT2D eigenvalue weighted by molar-refractivity contribution is 6.09. The Kier molecular flexibility index (Phi) is 7.04. The van der Waals surface area contributed by atoms with E-state index in [0.717, 1.165) is 11.1 Å². The molecule has 0 aliphatic rings. The van der Waals surface area contributed by atoms with Gasteiger partial charge in [-0.15, -0.1) is 0 Å². The summed E-state index contributed by atoms with van der Waals surface area (Å²) in [7, 11) is 3.17. The van der Waals surface area contributed by atoms with Gasteiger partial charge in [-0.3, -0.25) is 9.59 Å². The van der Waals surface area contributed by atoms with E-state index >= 15 is 0 Å². The molecule has 2 aromatic carbocycles. The maximum Gasteiger partial charge on any atom is 0.239 e. The van der Waals surface area contributed by atoms with E-state index in [9.17, 15) is 9.59 Å². The van der Waals surface area contributed by atoms with Gasteiger partial charge in [0.05, 0.1) is 14.2 Å². The van der Waals surface area contributed by atoms with Gasteiger partial charge in [-0.05, 0) is 57.0 Å². The average molecular weight is 384 g/mol. The zero-order chi connectivity index (χ0) is 20.7. The molecule has 28 heavy (non-hydrogen) atoms. The average Bonchev–Trinajstić information content (AvgIpc) is 2.69. The summed E-state index contributed by atoms with van der Waals surface area (Å²) in [4.78, 5) is 25.1. The molecule has 0 aliphatic carbocycles. The molecule has 2 N–H and O–H groups in total. The molecule has 2 rings (SSSR count). The molecule has 0 heterocycles. The van der Waals surface area contributed by atoms with Gasteiger partial charge >= 0.3 is 0 Å². The highest BCUT2D eigenvalue weighted by Gasteiger charge is 2.35. The lowest BCUT2D eigenvalue weighted by Crippen LogP contribution is -2.45. The third-order valence-electron chi connectivity index (χ3n) is 4.59. The van der Waals surface area contributed by atoms with E-state index in [-0.39, 0.29) is 11.8 Å². The van der Waals surface area contributed by atoms with Crippen molar-refractivity contribution >= 4 is 17.5 Å². The molecule has 2 aromatic rings. The quantitative estimate of drug-likeness (QED) is 0.685. The van der Waals surface area contributed by atoms with Crippen molar-refractivity contribution in [2.24, 2.45) is 5.41 Å². The molecule has 0 fully saturated rings. The summed E-state index contributed by atoms with van der Waals surface area (Å²) < 4.78 is 10.5. The number of aryl methyl sites for hydroxylation is 1. The Bertz CT molecular complexity index is 829. The van der Waals surface area contributed by atoms with E-state index in [1.165, 1.54) is 0 Å². The zero-order valence-electron chi connectivity index (χ0n) is 17.1. The molecule has 0 aliphatic heterocycles. The van der Waals surface area contributed by atoms with Crippen molar-refractivity contribution in [2.45, 2.75) is 27.2 Å². The van der Waals surface area contributed by atoms with E-state index in [1.807, 2.05) is 49.4 Å². The number of carbonyl (C=O) groups is 2. The van der Waals surface area contributed by atoms with Crippen LogP contribution < -0.4 is 20.1 Å². The van der Waals surface area contributed by atoms with Gasteiger partial charge in [0, 0.05) is 12.2 Å². The highest BCUT2D eigenvalue weighted by atomic mass is 16.5. The monoisotopic (exact) mass is 384 g/mol. The molecule has 0 saturated heterocycles. The minimum atomic E-state index is -1.19. The first-order valence-electron chi connectivity index (χ1n) is 9.15. The number of methoxy groups -OCH3 is 2. The predicted octanol–water partition coefficient (Wildman–Crippen LogP) is 3.34. The summed E-state index contributed by atoms with van der Waals surface area (Å²) in [6, 6.07) is 13.1. The third-order valence-corrected chi connectivity index (χ3v) is 4.59. The Hall–Kier alpha value is -3.02. The van der Waals surface area contributed by atoms with Crippen molar-refractivity contribution in [1.82, 2.24) is 5.32 Å². The maximum absolute atomic E-state index is 12.5. The Morgan fingerprint density at radius 2 is 1.57 bits per heavy atom. The second-order valence-corrected chi connectivity index (χ2v) is 7.14. The SMILES string of the molecule is COc1ccc(CCNC(=O)C(C)(C)C(=O)Nc2ccc(C)cc2)cc1OC. The van der Waals surface area contributed by atoms with E-state index in [0.29, 0.717) is 30.2 Å². The standard InChI is InChI=1S/C22H28N2O4/c1-15-6-9-17(10-7-15)24-21(26)22(2,3)20(25)23-13-12-16-8-11-18(27-4)19(14-16)28-5/h6-11,14H,12-13H2,1-5H3,(H,23,25)(H,24,26). The number of rotatable bonds is 8. The van der Waals surface area contributed by atoms with Gasteiger partial charge in [-0.25, -0.2) is 0 Å². The number of ether oxygens (including phenoxy) is 2. The summed E-state index contributed by atoms with van der Waals surface area (Å²) >= 11 is 0. The minimum absolute atomic E-state index is 0.322. The molecule has 2 amide bonds. The largest absolute Gasteiger partial charge is 0.493 e. The van der Waals surface area contributed by atoms with Gasteiger partial charge in [-0.2, -0.15) is 0 Å². The van der Waals surface area contributed by atoms with Crippen LogP contribution in [0, 0.1) is 12.3 Å². The fourth-order valence-corrected chi connectivity index (χ4v) is 2.60. The molecule has 0 bridgehead atoms. The topological polar surface area (TPSA) is 76.7 Å². The van der Waals surface area contributed by atoms with Gasteiger partial charge in [0.1, 0.15) is 5.41 Å². The van der Waals surface area contributed by atoms with E-state index in [1.54, 1.807) is 28.1 Å². The lowest BCUT2D eigenvalue weighted by Gasteiger charge is -2.23. The Labute approximate surface area is 166 Å². The van der Waals surface area contributed by atoms with Crippen molar-refractivity contribution in [2.75, 3.05) is 26.1 Å². The highest BCUT2D eigenvalue weighted by Crippen LogP contribution is 2.27. The lowest BCUT2D eigenvalue weighted by molar-refractivity contribution is -0.138. The van der Waals surface area contributed by atoms with Gasteiger partial charge < -0.3 is 20.1 Å². The summed E-state index contributed by atoms with van der Waals surface area (Å²) in [6.45, 7) is 5.61. The molecule has 0 saturated carbocycles. The normalized spacial score (nSPS) is 10.9. The number of anilines is 1. The smallest absolute Gasteiger partial charge is 0.239 e. The first kappa shape index (κ1) is 21.3. The van der Waals surface area contributed by atoms with Crippen LogP contribution in [0.15, 0.2) is 42.5 Å². The lowest BCUT2D eigenvalue weighted by atomic mass is 9.90. The van der Waals surface area contributed by atoms with Gasteiger partial charge in [0.25, 0.3) is 0 Å². The summed E-state index contributed by atoms with van der Waals surface area (Å²) in [5, 5.41) is 5.64. The van der Waals surface area contributed by atoms with Gasteiger partial charge in [0.2, 0.25) is 11.8 Å². The number of amides is 2. The van der Waals surface area contributed by atoms with Crippen LogP contribution in [-0.2, 0) is 16.0 Å². The molecule has 0 unspecified atom stereocenters. The molecule has 150 valence electrons. The molecule has 0 spiro atoms. The first-order valence-corrected chi connectivity index (χ1v) is 9.15. The number of nitrogens with one attached hydrogen (secondary N) is 2. The number of benzene rings is 2. The molecule has 6 nitrogen and oxygen atoms in total. The molecular formula is C22H28N2O4. The van der Waals surface area contributed by atoms with E-state index in [2.05, 4.69) is 10.6 Å². The number of hydrogen-bond acceptors (Lipinski definition) is 4. The van der Waals surface area contributed by atoms with Crippen LogP contribution in [-0.4, -0.2) is 32.6 Å². The first-order chi connectivity index (χ1) is 13.3. The molecule has 0 aromatic heterocycles. The van der Waals surface area contributed by atoms with Crippen molar-refractivity contribution in [1.29, 1.82) is 0 Å². The summed E-state index contributed by atoms with van der Waals surface area (Å²) in [6.07, 6.45) is 0.613. The zero-order valence-corrected chi connectivity index (χ0v) is 17.1. The van der Waals surface area contributed by atoms with Crippen LogP contribution in [0.4, 0.5) is 5.69 Å². The van der Waals surface area contributed by atoms with Crippen LogP contribution >= 0.6 is 0 Å². The van der Waals surface area contributed by atoms with E-state index in [4.69, 9.17) is 9.47 Å². The number of hydrogen-bond donors (Lipinski definition) is 2. The van der Waals surface area contributed by atoms with Crippen molar-refractivity contribution in [3.63, 3.8) is 0 Å². The molecular weight excluding hydrogens is 356 g/mol. The fraction of sp³-hybridized carbons (Fsp3) is 0.364. The Morgan fingerprint density at radius 1 is 0.929 bits per heavy atom. The fourth-order valence-electron chi connectivity index (χ4n) is 2.60. The number of carbonyl (C=O) groups excluding carboxylic acids is 2. The second-order valence-electron chi connectivity index (χ2n) is 7.14. The van der Waals surface area contributed by atoms with Crippen LogP contribution in [0.3, 0.4) is 0 Å². The van der Waals surface area contributed by atoms with Gasteiger partial charge in [0.15, 0.2) is 11.5 Å². The second kappa shape index (κ2) is 9.26. The summed E-state index contributed by atoms with van der Waals surface area (Å²) in [5.41, 5.74) is 1.58. The predicted molar refractivity (Wildman–Crippen MR) is 110 cm³/mol. The minimum Gasteiger partial charge on any atom is -0.493 e. The van der Waals surface area contributed by atoms with Crippen molar-refractivity contribution in [3.8, 4) is 11.5 Å². The van der Waals surface area contributed by atoms with Crippen LogP contribution in [0.25, 0.3) is 0 Å².